The van der Waals surface area contributed by atoms with E-state index in [2.05, 4.69) is 32.7 Å². The summed E-state index contributed by atoms with van der Waals surface area (Å²) in [7, 11) is 3.48. The fourth-order valence-corrected chi connectivity index (χ4v) is 9.60. The van der Waals surface area contributed by atoms with Crippen LogP contribution >= 0.6 is 0 Å². The second kappa shape index (κ2) is 15.0. The molecule has 0 unspecified atom stereocenters. The Hall–Kier alpha value is -4.08. The number of fused-ring (bicyclic) bond motifs is 2. The maximum Gasteiger partial charge on any atom is 0.410 e. The van der Waals surface area contributed by atoms with E-state index >= 15 is 8.78 Å². The molecule has 13 nitrogen and oxygen atoms in total. The second-order valence-electron chi connectivity index (χ2n) is 17.6. The van der Waals surface area contributed by atoms with Crippen LogP contribution < -0.4 is 15.5 Å². The van der Waals surface area contributed by atoms with Crippen molar-refractivity contribution in [2.24, 2.45) is 5.41 Å². The number of hydrogen-bond acceptors (Lipinski definition) is 10. The lowest BCUT2D eigenvalue weighted by atomic mass is 9.71. The van der Waals surface area contributed by atoms with Crippen molar-refractivity contribution in [2.45, 2.75) is 108 Å². The molecule has 4 aliphatic heterocycles. The van der Waals surface area contributed by atoms with Crippen molar-refractivity contribution in [3.8, 4) is 0 Å². The first-order valence-corrected chi connectivity index (χ1v) is 20.4. The minimum atomic E-state index is -2.83. The number of halogens is 2. The van der Waals surface area contributed by atoms with Gasteiger partial charge in [0.1, 0.15) is 5.60 Å². The molecular weight excluding hydrogens is 721 g/mol. The van der Waals surface area contributed by atoms with Gasteiger partial charge >= 0.3 is 6.09 Å². The number of piperidine rings is 3. The third-order valence-electron chi connectivity index (χ3n) is 13.0. The van der Waals surface area contributed by atoms with Crippen LogP contribution in [-0.2, 0) is 22.4 Å². The molecule has 1 aliphatic carbocycles. The molecule has 0 bridgehead atoms. The molecule has 304 valence electrons. The summed E-state index contributed by atoms with van der Waals surface area (Å²) in [6.45, 7) is 9.78. The maximum atomic E-state index is 16.1. The van der Waals surface area contributed by atoms with E-state index in [4.69, 9.17) is 14.6 Å². The number of anilines is 3. The number of carbonyl (C=O) groups is 2. The van der Waals surface area contributed by atoms with Crippen LogP contribution in [0.25, 0.3) is 5.65 Å². The van der Waals surface area contributed by atoms with Crippen molar-refractivity contribution in [3.63, 3.8) is 0 Å². The highest BCUT2D eigenvalue weighted by Crippen LogP contribution is 2.44. The van der Waals surface area contributed by atoms with Gasteiger partial charge in [-0.3, -0.25) is 14.6 Å². The zero-order chi connectivity index (χ0) is 39.4. The molecule has 0 radical (unpaired) electrons. The van der Waals surface area contributed by atoms with E-state index in [0.29, 0.717) is 69.4 Å². The summed E-state index contributed by atoms with van der Waals surface area (Å²) in [6.07, 6.45) is 7.84. The van der Waals surface area contributed by atoms with Gasteiger partial charge in [0.05, 0.1) is 36.6 Å². The van der Waals surface area contributed by atoms with Crippen LogP contribution in [0, 0.1) is 5.41 Å². The van der Waals surface area contributed by atoms with Gasteiger partial charge in [0.15, 0.2) is 17.2 Å². The van der Waals surface area contributed by atoms with Crippen molar-refractivity contribution in [1.82, 2.24) is 34.6 Å². The molecule has 56 heavy (non-hydrogen) atoms. The van der Waals surface area contributed by atoms with Crippen LogP contribution in [0.3, 0.4) is 0 Å². The van der Waals surface area contributed by atoms with Gasteiger partial charge in [-0.2, -0.15) is 0 Å². The highest BCUT2D eigenvalue weighted by Gasteiger charge is 2.50. The van der Waals surface area contributed by atoms with Gasteiger partial charge in [0.25, 0.3) is 11.8 Å². The molecule has 15 heteroatoms. The zero-order valence-corrected chi connectivity index (χ0v) is 33.5. The smallest absolute Gasteiger partial charge is 0.410 e. The van der Waals surface area contributed by atoms with Gasteiger partial charge in [-0.1, -0.05) is 12.1 Å². The molecule has 4 fully saturated rings. The van der Waals surface area contributed by atoms with E-state index in [-0.39, 0.29) is 36.1 Å². The minimum Gasteiger partial charge on any atom is -0.444 e. The van der Waals surface area contributed by atoms with E-state index in [9.17, 15) is 9.59 Å². The number of likely N-dealkylation sites (tertiary alicyclic amines) is 3. The lowest BCUT2D eigenvalue weighted by molar-refractivity contribution is -0.139. The predicted molar refractivity (Wildman–Crippen MR) is 210 cm³/mol. The molecule has 2 aromatic heterocycles. The number of amides is 2. The lowest BCUT2D eigenvalue weighted by Gasteiger charge is -2.50. The Morgan fingerprint density at radius 3 is 2.41 bits per heavy atom. The van der Waals surface area contributed by atoms with E-state index in [1.54, 1.807) is 22.7 Å². The van der Waals surface area contributed by atoms with Crippen molar-refractivity contribution in [3.05, 3.63) is 47.3 Å². The van der Waals surface area contributed by atoms with Gasteiger partial charge < -0.3 is 29.9 Å². The highest BCUT2D eigenvalue weighted by molar-refractivity contribution is 5.94. The number of nitrogens with one attached hydrogen (secondary N) is 2. The Morgan fingerprint density at radius 1 is 1.00 bits per heavy atom. The number of rotatable bonds is 8. The number of carbonyl (C=O) groups excluding carboxylic acids is 2. The standard InChI is InChI=1S/C41H57F2N9O4/c1-39(2,3)56-38(54)50-21-15-40(16-22-50)13-19-49(20-14-40)34-12-17-48(26-41(34,42)43)25-27-7-6-8-31-28(27)11-18-51(31)35-23-30(44-4)36-45-24-32(52(36)47-35)37(53)46-29-9-10-33(29)55-5/h6-8,23-24,29,33-34,44H,9-22,25-26H2,1-5H3,(H,46,53)/t29-,33-,34+/m1/s1. The summed E-state index contributed by atoms with van der Waals surface area (Å²) in [6, 6.07) is 7.26. The Kier molecular flexibility index (Phi) is 10.4. The molecule has 3 atom stereocenters. The summed E-state index contributed by atoms with van der Waals surface area (Å²) in [5, 5.41) is 11.2. The van der Waals surface area contributed by atoms with Gasteiger partial charge in [0, 0.05) is 58.6 Å². The van der Waals surface area contributed by atoms with Gasteiger partial charge in [-0.25, -0.2) is 23.1 Å². The number of ether oxygens (including phenoxy) is 2. The molecule has 1 aromatic carbocycles. The van der Waals surface area contributed by atoms with Gasteiger partial charge in [-0.15, -0.1) is 5.10 Å². The molecule has 2 amide bonds. The first-order valence-electron chi connectivity index (χ1n) is 20.4. The van der Waals surface area contributed by atoms with Gasteiger partial charge in [-0.05, 0) is 108 Å². The Balaban J connectivity index is 0.902. The SMILES string of the molecule is CNc1cc(N2CCc3c(CN4CC[C@H](N5CCC6(CCN(C(=O)OC(C)(C)C)CC6)CC5)C(F)(F)C4)cccc32)nn2c(C(=O)N[C@@H]3CC[C@H]3OC)cnc12. The fourth-order valence-electron chi connectivity index (χ4n) is 9.60. The number of hydrogen-bond donors (Lipinski definition) is 2. The Labute approximate surface area is 328 Å². The van der Waals surface area contributed by atoms with Crippen molar-refractivity contribution >= 4 is 34.8 Å². The third kappa shape index (κ3) is 7.53. The monoisotopic (exact) mass is 777 g/mol. The summed E-state index contributed by atoms with van der Waals surface area (Å²) >= 11 is 0. The molecule has 1 saturated carbocycles. The van der Waals surface area contributed by atoms with Crippen LogP contribution in [0.4, 0.5) is 30.8 Å². The highest BCUT2D eigenvalue weighted by atomic mass is 19.3. The molecule has 6 heterocycles. The molecule has 2 N–H and O–H groups in total. The molecule has 1 spiro atoms. The number of methoxy groups -OCH3 is 1. The van der Waals surface area contributed by atoms with Crippen molar-refractivity contribution < 1.29 is 27.8 Å². The number of imidazole rings is 1. The van der Waals surface area contributed by atoms with Crippen molar-refractivity contribution in [1.29, 1.82) is 0 Å². The van der Waals surface area contributed by atoms with Crippen LogP contribution in [0.5, 0.6) is 0 Å². The second-order valence-corrected chi connectivity index (χ2v) is 17.6. The third-order valence-corrected chi connectivity index (χ3v) is 13.0. The number of aromatic nitrogens is 3. The summed E-state index contributed by atoms with van der Waals surface area (Å²) < 4.78 is 44.8. The largest absolute Gasteiger partial charge is 0.444 e. The zero-order valence-electron chi connectivity index (χ0n) is 33.5. The summed E-state index contributed by atoms with van der Waals surface area (Å²) in [5.74, 6) is -2.40. The number of alkyl halides is 2. The topological polar surface area (TPSA) is 120 Å². The minimum absolute atomic E-state index is 0.00861. The maximum absolute atomic E-state index is 16.1. The normalized spacial score (nSPS) is 25.2. The fraction of sp³-hybridized carbons (Fsp3) is 0.659. The van der Waals surface area contributed by atoms with Crippen molar-refractivity contribution in [2.75, 3.05) is 70.2 Å². The average molecular weight is 778 g/mol. The van der Waals surface area contributed by atoms with Crippen LogP contribution in [0.15, 0.2) is 30.5 Å². The molecule has 8 rings (SSSR count). The molecular formula is C41H57F2N9O4. The first kappa shape index (κ1) is 38.8. The Morgan fingerprint density at radius 2 is 1.75 bits per heavy atom. The average Bonchev–Trinajstić information content (AvgIpc) is 3.79. The first-order chi connectivity index (χ1) is 26.8. The van der Waals surface area contributed by atoms with E-state index in [1.807, 2.05) is 49.8 Å². The van der Waals surface area contributed by atoms with E-state index < -0.39 is 17.6 Å². The van der Waals surface area contributed by atoms with Crippen LogP contribution in [-0.4, -0.2) is 131 Å². The van der Waals surface area contributed by atoms with E-state index in [0.717, 1.165) is 67.4 Å². The molecule has 3 saturated heterocycles. The number of benzene rings is 1. The van der Waals surface area contributed by atoms with Gasteiger partial charge in [0.2, 0.25) is 0 Å². The summed E-state index contributed by atoms with van der Waals surface area (Å²) in [5.41, 5.74) is 4.44. The number of nitrogens with zero attached hydrogens (tertiary/aromatic N) is 7. The lowest BCUT2D eigenvalue weighted by Crippen LogP contribution is -2.60. The molecule has 3 aromatic rings. The predicted octanol–water partition coefficient (Wildman–Crippen LogP) is 5.70. The molecule has 5 aliphatic rings. The van der Waals surface area contributed by atoms with E-state index in [1.165, 1.54) is 0 Å². The Bertz CT molecular complexity index is 1930. The quantitative estimate of drug-likeness (QED) is 0.295. The van der Waals surface area contributed by atoms with Crippen LogP contribution in [0.2, 0.25) is 0 Å². The van der Waals surface area contributed by atoms with Crippen LogP contribution in [0.1, 0.15) is 87.3 Å². The summed E-state index contributed by atoms with van der Waals surface area (Å²) in [4.78, 5) is 38.4.